The van der Waals surface area contributed by atoms with Gasteiger partial charge in [0.25, 0.3) is 5.56 Å². The molecule has 0 spiro atoms. The molecule has 2 aromatic carbocycles. The molecular formula is C18H14N2OS. The molecule has 0 saturated carbocycles. The van der Waals surface area contributed by atoms with Crippen molar-refractivity contribution in [3.63, 3.8) is 0 Å². The Kier molecular flexibility index (Phi) is 2.87. The molecule has 0 unspecified atom stereocenters. The molecule has 2 aromatic heterocycles. The highest BCUT2D eigenvalue weighted by molar-refractivity contribution is 7.15. The number of rotatable bonds is 1. The summed E-state index contributed by atoms with van der Waals surface area (Å²) in [6, 6.07) is 14.0. The summed E-state index contributed by atoms with van der Waals surface area (Å²) in [4.78, 5) is 18.0. The standard InChI is InChI=1S/C18H14N2OS/c1-11-7-8-13(12(2)9-11)10-16-17(21)20-15-6-4-3-5-14(15)19-18(20)22-16/h3-10H,1-2H3/b16-10+. The van der Waals surface area contributed by atoms with Crippen molar-refractivity contribution in [2.75, 3.05) is 0 Å². The van der Waals surface area contributed by atoms with E-state index in [4.69, 9.17) is 0 Å². The Hall–Kier alpha value is -2.46. The van der Waals surface area contributed by atoms with E-state index >= 15 is 0 Å². The summed E-state index contributed by atoms with van der Waals surface area (Å²) in [5.74, 6) is 0. The molecule has 0 atom stereocenters. The number of imidazole rings is 1. The van der Waals surface area contributed by atoms with Crippen molar-refractivity contribution in [3.05, 3.63) is 74.0 Å². The first kappa shape index (κ1) is 13.2. The molecule has 0 aliphatic rings. The summed E-state index contributed by atoms with van der Waals surface area (Å²) < 4.78 is 2.43. The lowest BCUT2D eigenvalue weighted by molar-refractivity contribution is 1.19. The SMILES string of the molecule is Cc1ccc(/C=c2/sc3nc4ccccc4n3c2=O)c(C)c1. The Balaban J connectivity index is 2.01. The van der Waals surface area contributed by atoms with E-state index in [0.29, 0.717) is 0 Å². The van der Waals surface area contributed by atoms with Crippen LogP contribution < -0.4 is 10.1 Å². The van der Waals surface area contributed by atoms with Crippen LogP contribution in [-0.4, -0.2) is 9.38 Å². The molecule has 0 aliphatic carbocycles. The second-order valence-corrected chi connectivity index (χ2v) is 6.50. The average molecular weight is 306 g/mol. The van der Waals surface area contributed by atoms with E-state index in [1.807, 2.05) is 30.3 Å². The maximum atomic E-state index is 12.7. The highest BCUT2D eigenvalue weighted by Crippen LogP contribution is 2.16. The fraction of sp³-hybridized carbons (Fsp3) is 0.111. The van der Waals surface area contributed by atoms with Crippen molar-refractivity contribution in [3.8, 4) is 0 Å². The summed E-state index contributed by atoms with van der Waals surface area (Å²) in [6.45, 7) is 4.14. The van der Waals surface area contributed by atoms with E-state index in [2.05, 4.69) is 37.0 Å². The lowest BCUT2D eigenvalue weighted by Gasteiger charge is -2.00. The predicted octanol–water partition coefficient (Wildman–Crippen LogP) is 3.07. The molecule has 0 amide bonds. The number of nitrogens with zero attached hydrogens (tertiary/aromatic N) is 2. The quantitative estimate of drug-likeness (QED) is 0.541. The van der Waals surface area contributed by atoms with Crippen LogP contribution in [0, 0.1) is 13.8 Å². The Bertz CT molecular complexity index is 1120. The molecule has 4 heteroatoms. The molecule has 108 valence electrons. The van der Waals surface area contributed by atoms with Gasteiger partial charge < -0.3 is 0 Å². The number of aromatic nitrogens is 2. The van der Waals surface area contributed by atoms with E-state index in [1.54, 1.807) is 4.40 Å². The summed E-state index contributed by atoms with van der Waals surface area (Å²) in [7, 11) is 0. The maximum absolute atomic E-state index is 12.7. The van der Waals surface area contributed by atoms with Gasteiger partial charge in [0.05, 0.1) is 15.6 Å². The van der Waals surface area contributed by atoms with Gasteiger partial charge in [-0.05, 0) is 43.2 Å². The second kappa shape index (κ2) is 4.78. The van der Waals surface area contributed by atoms with E-state index in [-0.39, 0.29) is 5.56 Å². The summed E-state index contributed by atoms with van der Waals surface area (Å²) in [5.41, 5.74) is 5.23. The van der Waals surface area contributed by atoms with Crippen LogP contribution in [-0.2, 0) is 0 Å². The van der Waals surface area contributed by atoms with Crippen molar-refractivity contribution in [2.24, 2.45) is 0 Å². The van der Waals surface area contributed by atoms with Crippen molar-refractivity contribution in [2.45, 2.75) is 13.8 Å². The Morgan fingerprint density at radius 1 is 1.14 bits per heavy atom. The second-order valence-electron chi connectivity index (χ2n) is 5.49. The third-order valence-electron chi connectivity index (χ3n) is 3.86. The van der Waals surface area contributed by atoms with Gasteiger partial charge in [0.1, 0.15) is 0 Å². The molecule has 0 fully saturated rings. The lowest BCUT2D eigenvalue weighted by atomic mass is 10.1. The molecule has 4 rings (SSSR count). The van der Waals surface area contributed by atoms with Gasteiger partial charge in [0, 0.05) is 0 Å². The number of hydrogen-bond donors (Lipinski definition) is 0. The number of aryl methyl sites for hydroxylation is 2. The number of hydrogen-bond acceptors (Lipinski definition) is 3. The maximum Gasteiger partial charge on any atom is 0.274 e. The minimum Gasteiger partial charge on any atom is -0.267 e. The first-order valence-corrected chi connectivity index (χ1v) is 7.94. The highest BCUT2D eigenvalue weighted by Gasteiger charge is 2.10. The minimum absolute atomic E-state index is 0.00803. The van der Waals surface area contributed by atoms with Gasteiger partial charge in [0.15, 0.2) is 4.96 Å². The van der Waals surface area contributed by atoms with Crippen LogP contribution in [0.15, 0.2) is 47.3 Å². The predicted molar refractivity (Wildman–Crippen MR) is 91.5 cm³/mol. The normalized spacial score (nSPS) is 12.5. The first-order chi connectivity index (χ1) is 10.6. The first-order valence-electron chi connectivity index (χ1n) is 7.12. The summed E-state index contributed by atoms with van der Waals surface area (Å²) in [6.07, 6.45) is 1.96. The highest BCUT2D eigenvalue weighted by atomic mass is 32.1. The smallest absolute Gasteiger partial charge is 0.267 e. The Labute approximate surface area is 131 Å². The fourth-order valence-corrected chi connectivity index (χ4v) is 3.72. The van der Waals surface area contributed by atoms with Crippen LogP contribution >= 0.6 is 11.3 Å². The van der Waals surface area contributed by atoms with Crippen LogP contribution in [0.1, 0.15) is 16.7 Å². The number of para-hydroxylation sites is 2. The van der Waals surface area contributed by atoms with Crippen LogP contribution in [0.2, 0.25) is 0 Å². The molecule has 0 saturated heterocycles. The van der Waals surface area contributed by atoms with Gasteiger partial charge in [-0.3, -0.25) is 4.79 Å². The molecule has 0 radical (unpaired) electrons. The fourth-order valence-electron chi connectivity index (χ4n) is 2.74. The Morgan fingerprint density at radius 2 is 1.95 bits per heavy atom. The largest absolute Gasteiger partial charge is 0.274 e. The molecule has 2 heterocycles. The van der Waals surface area contributed by atoms with Crippen molar-refractivity contribution < 1.29 is 0 Å². The zero-order valence-electron chi connectivity index (χ0n) is 12.3. The molecular weight excluding hydrogens is 292 g/mol. The number of benzene rings is 2. The minimum atomic E-state index is 0.00803. The van der Waals surface area contributed by atoms with Crippen LogP contribution in [0.25, 0.3) is 22.1 Å². The van der Waals surface area contributed by atoms with Crippen molar-refractivity contribution in [1.82, 2.24) is 9.38 Å². The molecule has 4 aromatic rings. The monoisotopic (exact) mass is 306 g/mol. The number of thiazole rings is 1. The van der Waals surface area contributed by atoms with Gasteiger partial charge in [-0.1, -0.05) is 47.2 Å². The van der Waals surface area contributed by atoms with Gasteiger partial charge in [-0.15, -0.1) is 0 Å². The molecule has 0 aliphatic heterocycles. The molecule has 0 bridgehead atoms. The Morgan fingerprint density at radius 3 is 2.77 bits per heavy atom. The summed E-state index contributed by atoms with van der Waals surface area (Å²) >= 11 is 1.44. The van der Waals surface area contributed by atoms with Gasteiger partial charge in [-0.25, -0.2) is 9.38 Å². The topological polar surface area (TPSA) is 34.4 Å². The van der Waals surface area contributed by atoms with Crippen LogP contribution in [0.3, 0.4) is 0 Å². The van der Waals surface area contributed by atoms with Crippen molar-refractivity contribution in [1.29, 1.82) is 0 Å². The van der Waals surface area contributed by atoms with Gasteiger partial charge >= 0.3 is 0 Å². The molecule has 22 heavy (non-hydrogen) atoms. The van der Waals surface area contributed by atoms with Crippen LogP contribution in [0.4, 0.5) is 0 Å². The van der Waals surface area contributed by atoms with Crippen LogP contribution in [0.5, 0.6) is 0 Å². The van der Waals surface area contributed by atoms with E-state index < -0.39 is 0 Å². The number of fused-ring (bicyclic) bond motifs is 3. The molecule has 3 nitrogen and oxygen atoms in total. The van der Waals surface area contributed by atoms with Gasteiger partial charge in [-0.2, -0.15) is 0 Å². The zero-order chi connectivity index (χ0) is 15.3. The third-order valence-corrected chi connectivity index (χ3v) is 4.83. The average Bonchev–Trinajstić information content (AvgIpc) is 2.99. The third kappa shape index (κ3) is 1.96. The summed E-state index contributed by atoms with van der Waals surface area (Å²) in [5, 5.41) is 0. The zero-order valence-corrected chi connectivity index (χ0v) is 13.1. The van der Waals surface area contributed by atoms with Gasteiger partial charge in [0.2, 0.25) is 0 Å². The van der Waals surface area contributed by atoms with E-state index in [1.165, 1.54) is 22.5 Å². The van der Waals surface area contributed by atoms with E-state index in [9.17, 15) is 4.79 Å². The lowest BCUT2D eigenvalue weighted by Crippen LogP contribution is -2.22. The molecule has 0 N–H and O–H groups in total. The van der Waals surface area contributed by atoms with E-state index in [0.717, 1.165) is 26.1 Å². The van der Waals surface area contributed by atoms with Crippen molar-refractivity contribution >= 4 is 33.4 Å².